The third kappa shape index (κ3) is 2.57. The first-order valence-corrected chi connectivity index (χ1v) is 7.05. The van der Waals surface area contributed by atoms with Crippen LogP contribution < -0.4 is 10.9 Å². The summed E-state index contributed by atoms with van der Waals surface area (Å²) in [4.78, 5) is 16.2. The normalized spacial score (nSPS) is 11.0. The summed E-state index contributed by atoms with van der Waals surface area (Å²) in [5.74, 6) is 0.496. The molecular formula is C15H13N7O. The third-order valence-electron chi connectivity index (χ3n) is 3.47. The highest BCUT2D eigenvalue weighted by Crippen LogP contribution is 2.21. The van der Waals surface area contributed by atoms with Crippen LogP contribution in [0.4, 0.5) is 11.5 Å². The van der Waals surface area contributed by atoms with Crippen molar-refractivity contribution in [3.05, 3.63) is 64.8 Å². The van der Waals surface area contributed by atoms with Gasteiger partial charge >= 0.3 is 0 Å². The molecule has 0 radical (unpaired) electrons. The topological polar surface area (TPSA) is 104 Å². The van der Waals surface area contributed by atoms with Gasteiger partial charge in [-0.3, -0.25) is 9.89 Å². The van der Waals surface area contributed by atoms with Crippen molar-refractivity contribution < 1.29 is 0 Å². The molecule has 0 amide bonds. The minimum atomic E-state index is -0.185. The molecule has 0 fully saturated rings. The zero-order chi connectivity index (χ0) is 15.6. The van der Waals surface area contributed by atoms with Crippen molar-refractivity contribution in [3.8, 4) is 0 Å². The Kier molecular flexibility index (Phi) is 3.12. The van der Waals surface area contributed by atoms with Crippen LogP contribution in [0.2, 0.25) is 0 Å². The van der Waals surface area contributed by atoms with E-state index in [0.717, 1.165) is 11.3 Å². The Morgan fingerprint density at radius 1 is 1.17 bits per heavy atom. The van der Waals surface area contributed by atoms with Crippen molar-refractivity contribution in [2.45, 2.75) is 6.54 Å². The van der Waals surface area contributed by atoms with Gasteiger partial charge in [-0.05, 0) is 23.8 Å². The summed E-state index contributed by atoms with van der Waals surface area (Å²) in [6, 6.07) is 9.58. The molecule has 8 heteroatoms. The second kappa shape index (κ2) is 5.41. The number of pyridine rings is 1. The van der Waals surface area contributed by atoms with E-state index < -0.39 is 0 Å². The first-order valence-electron chi connectivity index (χ1n) is 7.05. The Labute approximate surface area is 130 Å². The van der Waals surface area contributed by atoms with Gasteiger partial charge in [0.2, 0.25) is 0 Å². The average molecular weight is 307 g/mol. The molecule has 23 heavy (non-hydrogen) atoms. The molecular weight excluding hydrogens is 294 g/mol. The van der Waals surface area contributed by atoms with Crippen LogP contribution in [-0.2, 0) is 6.54 Å². The monoisotopic (exact) mass is 307 g/mol. The summed E-state index contributed by atoms with van der Waals surface area (Å²) in [7, 11) is 0. The van der Waals surface area contributed by atoms with E-state index in [1.165, 1.54) is 0 Å². The minimum Gasteiger partial charge on any atom is -0.338 e. The van der Waals surface area contributed by atoms with E-state index >= 15 is 0 Å². The van der Waals surface area contributed by atoms with E-state index in [0.29, 0.717) is 23.3 Å². The lowest BCUT2D eigenvalue weighted by atomic mass is 10.2. The molecule has 0 spiro atoms. The second-order valence-corrected chi connectivity index (χ2v) is 5.05. The van der Waals surface area contributed by atoms with Gasteiger partial charge in [-0.25, -0.2) is 0 Å². The molecule has 4 rings (SSSR count). The highest BCUT2D eigenvalue weighted by Gasteiger charge is 2.09. The fraction of sp³-hybridized carbons (Fsp3) is 0.0667. The van der Waals surface area contributed by atoms with Crippen molar-refractivity contribution >= 4 is 22.4 Å². The predicted octanol–water partition coefficient (Wildman–Crippen LogP) is 1.63. The number of H-pyrrole nitrogens is 2. The molecule has 3 N–H and O–H groups in total. The second-order valence-electron chi connectivity index (χ2n) is 5.05. The molecule has 0 atom stereocenters. The molecule has 0 aliphatic rings. The van der Waals surface area contributed by atoms with Crippen LogP contribution in [0.5, 0.6) is 0 Å². The van der Waals surface area contributed by atoms with Gasteiger partial charge in [0.25, 0.3) is 5.56 Å². The van der Waals surface area contributed by atoms with Crippen LogP contribution in [0, 0.1) is 0 Å². The number of nitrogens with one attached hydrogen (secondary N) is 3. The number of rotatable bonds is 4. The van der Waals surface area contributed by atoms with Crippen molar-refractivity contribution in [2.24, 2.45) is 0 Å². The van der Waals surface area contributed by atoms with Crippen LogP contribution in [0.1, 0.15) is 5.56 Å². The number of hydrogen-bond acceptors (Lipinski definition) is 5. The van der Waals surface area contributed by atoms with Gasteiger partial charge in [-0.1, -0.05) is 12.1 Å². The molecule has 0 saturated carbocycles. The molecule has 0 aliphatic heterocycles. The van der Waals surface area contributed by atoms with Crippen LogP contribution in [0.15, 0.2) is 53.7 Å². The van der Waals surface area contributed by atoms with Crippen LogP contribution in [0.25, 0.3) is 10.9 Å². The van der Waals surface area contributed by atoms with E-state index in [1.807, 2.05) is 24.3 Å². The molecule has 4 aromatic rings. The van der Waals surface area contributed by atoms with E-state index in [1.54, 1.807) is 29.5 Å². The molecule has 1 aromatic carbocycles. The summed E-state index contributed by atoms with van der Waals surface area (Å²) in [5.41, 5.74) is 2.38. The number of anilines is 2. The first-order chi connectivity index (χ1) is 11.3. The quantitative estimate of drug-likeness (QED) is 0.531. The molecule has 0 saturated heterocycles. The largest absolute Gasteiger partial charge is 0.338 e. The smallest absolute Gasteiger partial charge is 0.261 e. The van der Waals surface area contributed by atoms with Crippen LogP contribution in [0.3, 0.4) is 0 Å². The van der Waals surface area contributed by atoms with Crippen molar-refractivity contribution in [1.29, 1.82) is 0 Å². The number of fused-ring (bicyclic) bond motifs is 1. The maximum atomic E-state index is 12.0. The third-order valence-corrected chi connectivity index (χ3v) is 3.47. The zero-order valence-electron chi connectivity index (χ0n) is 12.0. The molecule has 8 nitrogen and oxygen atoms in total. The SMILES string of the molecule is O=c1[nH]ccc2[nH]nc(Nc3cccc(Cn4nccn4)c3)c12. The maximum absolute atomic E-state index is 12.0. The van der Waals surface area contributed by atoms with Gasteiger partial charge in [-0.15, -0.1) is 0 Å². The molecule has 0 aliphatic carbocycles. The fourth-order valence-electron chi connectivity index (χ4n) is 2.44. The average Bonchev–Trinajstić information content (AvgIpc) is 3.19. The van der Waals surface area contributed by atoms with E-state index in [9.17, 15) is 4.79 Å². The summed E-state index contributed by atoms with van der Waals surface area (Å²) in [5, 5.41) is 18.9. The lowest BCUT2D eigenvalue weighted by Crippen LogP contribution is -2.06. The summed E-state index contributed by atoms with van der Waals surface area (Å²) in [6.45, 7) is 0.574. The molecule has 0 unspecified atom stereocenters. The fourth-order valence-corrected chi connectivity index (χ4v) is 2.44. The molecule has 3 heterocycles. The van der Waals surface area contributed by atoms with E-state index in [4.69, 9.17) is 0 Å². The highest BCUT2D eigenvalue weighted by molar-refractivity contribution is 5.90. The molecule has 3 aromatic heterocycles. The Morgan fingerprint density at radius 3 is 2.91 bits per heavy atom. The van der Waals surface area contributed by atoms with E-state index in [-0.39, 0.29) is 5.56 Å². The van der Waals surface area contributed by atoms with Crippen molar-refractivity contribution in [1.82, 2.24) is 30.2 Å². The van der Waals surface area contributed by atoms with Gasteiger partial charge in [0.15, 0.2) is 5.82 Å². The Balaban J connectivity index is 1.64. The highest BCUT2D eigenvalue weighted by atomic mass is 16.1. The summed E-state index contributed by atoms with van der Waals surface area (Å²) < 4.78 is 0. The zero-order valence-corrected chi connectivity index (χ0v) is 12.0. The maximum Gasteiger partial charge on any atom is 0.261 e. The van der Waals surface area contributed by atoms with Crippen molar-refractivity contribution in [2.75, 3.05) is 5.32 Å². The van der Waals surface area contributed by atoms with Gasteiger partial charge in [0.05, 0.1) is 24.5 Å². The Hall–Kier alpha value is -3.42. The lowest BCUT2D eigenvalue weighted by Gasteiger charge is -2.06. The molecule has 0 bridgehead atoms. The number of aromatic nitrogens is 6. The van der Waals surface area contributed by atoms with E-state index in [2.05, 4.69) is 30.7 Å². The number of aromatic amines is 2. The summed E-state index contributed by atoms with van der Waals surface area (Å²) in [6.07, 6.45) is 4.87. The standard InChI is InChI=1S/C15H13N7O/c23-15-13-12(4-5-16-15)20-21-14(13)19-11-3-1-2-10(8-11)9-22-17-6-7-18-22/h1-8H,9H2,(H,16,23)(H2,19,20,21). The summed E-state index contributed by atoms with van der Waals surface area (Å²) >= 11 is 0. The van der Waals surface area contributed by atoms with Gasteiger partial charge in [0.1, 0.15) is 5.39 Å². The van der Waals surface area contributed by atoms with Gasteiger partial charge in [0, 0.05) is 11.9 Å². The minimum absolute atomic E-state index is 0.185. The van der Waals surface area contributed by atoms with Crippen molar-refractivity contribution in [3.63, 3.8) is 0 Å². The van der Waals surface area contributed by atoms with Crippen LogP contribution >= 0.6 is 0 Å². The molecule has 114 valence electrons. The Bertz CT molecular complexity index is 1000. The van der Waals surface area contributed by atoms with Crippen LogP contribution in [-0.4, -0.2) is 30.2 Å². The predicted molar refractivity (Wildman–Crippen MR) is 85.6 cm³/mol. The number of nitrogens with zero attached hydrogens (tertiary/aromatic N) is 4. The first kappa shape index (κ1) is 13.3. The number of hydrogen-bond donors (Lipinski definition) is 3. The number of benzene rings is 1. The van der Waals surface area contributed by atoms with Gasteiger partial charge < -0.3 is 10.3 Å². The van der Waals surface area contributed by atoms with Gasteiger partial charge in [-0.2, -0.15) is 20.1 Å². The lowest BCUT2D eigenvalue weighted by molar-refractivity contribution is 0.591. The Morgan fingerprint density at radius 2 is 2.04 bits per heavy atom.